The van der Waals surface area contributed by atoms with Crippen LogP contribution in [0.5, 0.6) is 0 Å². The Balaban J connectivity index is 1.54. The molecule has 2 heterocycles. The number of aryl methyl sites for hydroxylation is 1. The standard InChI is InChI=1S/C21H26N2O3/c1-15-3-2-4-16(11-15)13-22-20-7-5-18(14-23-20)17-9-10-26-19(12-17)6-8-21(24)25/h2-5,7,11,14,17,19H,6,8-10,12-13H2,1H3,(H,22,23)(H,24,25)/t17-,19-/m0/s1. The van der Waals surface area contributed by atoms with Crippen LogP contribution < -0.4 is 5.32 Å². The van der Waals surface area contributed by atoms with Crippen molar-refractivity contribution in [3.63, 3.8) is 0 Å². The monoisotopic (exact) mass is 354 g/mol. The highest BCUT2D eigenvalue weighted by Crippen LogP contribution is 2.31. The van der Waals surface area contributed by atoms with Gasteiger partial charge in [0.25, 0.3) is 0 Å². The number of aromatic nitrogens is 1. The van der Waals surface area contributed by atoms with Crippen molar-refractivity contribution in [1.82, 2.24) is 4.98 Å². The SMILES string of the molecule is Cc1cccc(CNc2ccc([C@H]3CCO[C@@H](CCC(=O)O)C3)cn2)c1. The molecule has 1 aliphatic heterocycles. The second kappa shape index (κ2) is 8.81. The van der Waals surface area contributed by atoms with Gasteiger partial charge in [-0.2, -0.15) is 0 Å². The summed E-state index contributed by atoms with van der Waals surface area (Å²) in [6.45, 7) is 3.53. The number of benzene rings is 1. The Bertz CT molecular complexity index is 730. The number of hydrogen-bond acceptors (Lipinski definition) is 4. The molecule has 5 nitrogen and oxygen atoms in total. The molecule has 1 aromatic carbocycles. The van der Waals surface area contributed by atoms with Crippen LogP contribution in [0.2, 0.25) is 0 Å². The molecule has 5 heteroatoms. The van der Waals surface area contributed by atoms with E-state index in [0.717, 1.165) is 25.2 Å². The van der Waals surface area contributed by atoms with Crippen LogP contribution >= 0.6 is 0 Å². The first-order valence-corrected chi connectivity index (χ1v) is 9.19. The first-order valence-electron chi connectivity index (χ1n) is 9.19. The molecule has 1 aromatic heterocycles. The lowest BCUT2D eigenvalue weighted by Gasteiger charge is -2.29. The molecule has 1 fully saturated rings. The molecule has 0 unspecified atom stereocenters. The zero-order valence-electron chi connectivity index (χ0n) is 15.1. The van der Waals surface area contributed by atoms with Crippen molar-refractivity contribution in [1.29, 1.82) is 0 Å². The molecule has 0 aliphatic carbocycles. The van der Waals surface area contributed by atoms with Gasteiger partial charge in [0.1, 0.15) is 5.82 Å². The van der Waals surface area contributed by atoms with Gasteiger partial charge in [0.2, 0.25) is 0 Å². The van der Waals surface area contributed by atoms with E-state index >= 15 is 0 Å². The summed E-state index contributed by atoms with van der Waals surface area (Å²) in [6.07, 6.45) is 4.53. The van der Waals surface area contributed by atoms with Crippen molar-refractivity contribution in [2.24, 2.45) is 0 Å². The highest BCUT2D eigenvalue weighted by Gasteiger charge is 2.24. The number of ether oxygens (including phenoxy) is 1. The van der Waals surface area contributed by atoms with Crippen molar-refractivity contribution >= 4 is 11.8 Å². The molecule has 0 amide bonds. The summed E-state index contributed by atoms with van der Waals surface area (Å²) >= 11 is 0. The molecule has 138 valence electrons. The third-order valence-corrected chi connectivity index (χ3v) is 4.86. The predicted molar refractivity (Wildman–Crippen MR) is 101 cm³/mol. The predicted octanol–water partition coefficient (Wildman–Crippen LogP) is 4.13. The van der Waals surface area contributed by atoms with Crippen molar-refractivity contribution < 1.29 is 14.6 Å². The van der Waals surface area contributed by atoms with Gasteiger partial charge >= 0.3 is 5.97 Å². The topological polar surface area (TPSA) is 71.5 Å². The minimum atomic E-state index is -0.763. The first kappa shape index (κ1) is 18.4. The van der Waals surface area contributed by atoms with Gasteiger partial charge in [0.15, 0.2) is 0 Å². The molecule has 0 spiro atoms. The lowest BCUT2D eigenvalue weighted by molar-refractivity contribution is -0.138. The van der Waals surface area contributed by atoms with Gasteiger partial charge in [-0.15, -0.1) is 0 Å². The van der Waals surface area contributed by atoms with Crippen molar-refractivity contribution in [2.45, 2.75) is 51.2 Å². The van der Waals surface area contributed by atoms with Gasteiger partial charge in [-0.05, 0) is 49.3 Å². The van der Waals surface area contributed by atoms with Gasteiger partial charge in [0.05, 0.1) is 6.10 Å². The summed E-state index contributed by atoms with van der Waals surface area (Å²) in [6, 6.07) is 12.6. The van der Waals surface area contributed by atoms with E-state index in [1.54, 1.807) is 0 Å². The zero-order valence-corrected chi connectivity index (χ0v) is 15.1. The van der Waals surface area contributed by atoms with Crippen LogP contribution in [0.4, 0.5) is 5.82 Å². The average Bonchev–Trinajstić information content (AvgIpc) is 2.65. The fourth-order valence-corrected chi connectivity index (χ4v) is 3.43. The average molecular weight is 354 g/mol. The molecule has 2 N–H and O–H groups in total. The summed E-state index contributed by atoms with van der Waals surface area (Å²) < 4.78 is 5.70. The van der Waals surface area contributed by atoms with E-state index in [4.69, 9.17) is 9.84 Å². The minimum Gasteiger partial charge on any atom is -0.481 e. The van der Waals surface area contributed by atoms with Gasteiger partial charge in [-0.3, -0.25) is 4.79 Å². The van der Waals surface area contributed by atoms with E-state index in [1.165, 1.54) is 16.7 Å². The van der Waals surface area contributed by atoms with E-state index in [9.17, 15) is 4.79 Å². The maximum absolute atomic E-state index is 10.7. The normalized spacial score (nSPS) is 19.9. The molecule has 26 heavy (non-hydrogen) atoms. The van der Waals surface area contributed by atoms with Gasteiger partial charge in [0, 0.05) is 25.8 Å². The summed E-state index contributed by atoms with van der Waals surface area (Å²) in [4.78, 5) is 15.3. The summed E-state index contributed by atoms with van der Waals surface area (Å²) in [5.74, 6) is 0.493. The van der Waals surface area contributed by atoms with Gasteiger partial charge < -0.3 is 15.2 Å². The summed E-state index contributed by atoms with van der Waals surface area (Å²) in [5.41, 5.74) is 3.70. The third-order valence-electron chi connectivity index (χ3n) is 4.86. The number of carboxylic acid groups (broad SMARTS) is 1. The number of anilines is 1. The number of hydrogen-bond donors (Lipinski definition) is 2. The zero-order chi connectivity index (χ0) is 18.4. The molecule has 3 rings (SSSR count). The second-order valence-corrected chi connectivity index (χ2v) is 6.97. The van der Waals surface area contributed by atoms with Crippen molar-refractivity contribution in [3.05, 3.63) is 59.3 Å². The quantitative estimate of drug-likeness (QED) is 0.782. The summed E-state index contributed by atoms with van der Waals surface area (Å²) in [5, 5.41) is 12.2. The van der Waals surface area contributed by atoms with Crippen LogP contribution in [0.1, 0.15) is 48.3 Å². The number of nitrogens with zero attached hydrogens (tertiary/aromatic N) is 1. The van der Waals surface area contributed by atoms with E-state index in [-0.39, 0.29) is 12.5 Å². The fourth-order valence-electron chi connectivity index (χ4n) is 3.43. The molecule has 1 aliphatic rings. The molecule has 0 saturated carbocycles. The Hall–Kier alpha value is -2.40. The van der Waals surface area contributed by atoms with Crippen LogP contribution in [0.3, 0.4) is 0 Å². The second-order valence-electron chi connectivity index (χ2n) is 6.97. The maximum atomic E-state index is 10.7. The van der Waals surface area contributed by atoms with Gasteiger partial charge in [-0.25, -0.2) is 4.98 Å². The largest absolute Gasteiger partial charge is 0.481 e. The van der Waals surface area contributed by atoms with Crippen molar-refractivity contribution in [2.75, 3.05) is 11.9 Å². The number of rotatable bonds is 7. The Kier molecular flexibility index (Phi) is 6.23. The number of carbonyl (C=O) groups is 1. The van der Waals surface area contributed by atoms with Crippen LogP contribution in [0.25, 0.3) is 0 Å². The molecule has 2 atom stereocenters. The fraction of sp³-hybridized carbons (Fsp3) is 0.429. The Morgan fingerprint density at radius 1 is 1.35 bits per heavy atom. The van der Waals surface area contributed by atoms with E-state index in [1.807, 2.05) is 12.3 Å². The summed E-state index contributed by atoms with van der Waals surface area (Å²) in [7, 11) is 0. The number of carboxylic acids is 1. The molecule has 2 aromatic rings. The molecule has 1 saturated heterocycles. The lowest BCUT2D eigenvalue weighted by Crippen LogP contribution is -2.25. The minimum absolute atomic E-state index is 0.0315. The molecule has 0 bridgehead atoms. The number of aliphatic carboxylic acids is 1. The number of pyridine rings is 1. The molecular formula is C21H26N2O3. The van der Waals surface area contributed by atoms with Crippen LogP contribution in [-0.2, 0) is 16.1 Å². The Labute approximate surface area is 154 Å². The lowest BCUT2D eigenvalue weighted by atomic mass is 9.88. The van der Waals surface area contributed by atoms with Crippen molar-refractivity contribution in [3.8, 4) is 0 Å². The van der Waals surface area contributed by atoms with E-state index in [0.29, 0.717) is 18.9 Å². The Morgan fingerprint density at radius 2 is 2.23 bits per heavy atom. The molecular weight excluding hydrogens is 328 g/mol. The smallest absolute Gasteiger partial charge is 0.303 e. The first-order chi connectivity index (χ1) is 12.6. The van der Waals surface area contributed by atoms with Crippen LogP contribution in [0.15, 0.2) is 42.6 Å². The molecule has 0 radical (unpaired) electrons. The third kappa shape index (κ3) is 5.30. The van der Waals surface area contributed by atoms with Crippen LogP contribution in [-0.4, -0.2) is 28.8 Å². The van der Waals surface area contributed by atoms with E-state index in [2.05, 4.69) is 47.6 Å². The van der Waals surface area contributed by atoms with Gasteiger partial charge in [-0.1, -0.05) is 35.9 Å². The maximum Gasteiger partial charge on any atom is 0.303 e. The number of nitrogens with one attached hydrogen (secondary N) is 1. The van der Waals surface area contributed by atoms with E-state index < -0.39 is 5.97 Å². The van der Waals surface area contributed by atoms with Crippen LogP contribution in [0, 0.1) is 6.92 Å². The highest BCUT2D eigenvalue weighted by atomic mass is 16.5. The Morgan fingerprint density at radius 3 is 2.96 bits per heavy atom. The highest BCUT2D eigenvalue weighted by molar-refractivity contribution is 5.66.